The van der Waals surface area contributed by atoms with Crippen molar-refractivity contribution in [3.63, 3.8) is 0 Å². The van der Waals surface area contributed by atoms with Gasteiger partial charge < -0.3 is 14.5 Å². The molecular formula is C14H18F3N3O2. The Hall–Kier alpha value is -1.99. The molecule has 0 radical (unpaired) electrons. The van der Waals surface area contributed by atoms with E-state index in [0.29, 0.717) is 26.2 Å². The molecule has 122 valence electrons. The van der Waals surface area contributed by atoms with Crippen molar-refractivity contribution >= 4 is 11.7 Å². The normalized spacial score (nSPS) is 16.1. The van der Waals surface area contributed by atoms with Crippen LogP contribution in [0, 0.1) is 5.92 Å². The van der Waals surface area contributed by atoms with E-state index in [1.54, 1.807) is 9.80 Å². The lowest BCUT2D eigenvalue weighted by Gasteiger charge is -2.36. The van der Waals surface area contributed by atoms with Gasteiger partial charge in [-0.3, -0.25) is 4.79 Å². The van der Waals surface area contributed by atoms with Crippen LogP contribution in [0.1, 0.15) is 13.8 Å². The number of piperazine rings is 1. The zero-order valence-electron chi connectivity index (χ0n) is 12.4. The maximum Gasteiger partial charge on any atom is 0.573 e. The fourth-order valence-corrected chi connectivity index (χ4v) is 2.33. The second-order valence-electron chi connectivity index (χ2n) is 5.34. The SMILES string of the molecule is CC(C)C(=O)N1CCN(c2ncccc2OC(F)(F)F)CC1. The summed E-state index contributed by atoms with van der Waals surface area (Å²) in [4.78, 5) is 19.3. The van der Waals surface area contributed by atoms with Crippen LogP contribution in [-0.2, 0) is 4.79 Å². The third-order valence-electron chi connectivity index (χ3n) is 3.36. The molecule has 2 heterocycles. The number of hydrogen-bond acceptors (Lipinski definition) is 4. The number of aromatic nitrogens is 1. The molecule has 0 spiro atoms. The van der Waals surface area contributed by atoms with Crippen LogP contribution in [0.5, 0.6) is 5.75 Å². The highest BCUT2D eigenvalue weighted by Gasteiger charge is 2.33. The van der Waals surface area contributed by atoms with Crippen LogP contribution in [0.15, 0.2) is 18.3 Å². The zero-order valence-corrected chi connectivity index (χ0v) is 12.4. The lowest BCUT2D eigenvalue weighted by Crippen LogP contribution is -2.50. The molecule has 5 nitrogen and oxygen atoms in total. The molecular weight excluding hydrogens is 299 g/mol. The van der Waals surface area contributed by atoms with Gasteiger partial charge in [-0.15, -0.1) is 13.2 Å². The van der Waals surface area contributed by atoms with Gasteiger partial charge in [0.1, 0.15) is 0 Å². The maximum atomic E-state index is 12.4. The van der Waals surface area contributed by atoms with Crippen LogP contribution in [0.2, 0.25) is 0 Å². The second kappa shape index (κ2) is 6.41. The standard InChI is InChI=1S/C14H18F3N3O2/c1-10(2)13(21)20-8-6-19(7-9-20)12-11(4-3-5-18-12)22-14(15,16)17/h3-5,10H,6-9H2,1-2H3. The molecule has 0 aromatic carbocycles. The second-order valence-corrected chi connectivity index (χ2v) is 5.34. The van der Waals surface area contributed by atoms with Crippen molar-refractivity contribution in [3.05, 3.63) is 18.3 Å². The molecule has 22 heavy (non-hydrogen) atoms. The monoisotopic (exact) mass is 317 g/mol. The van der Waals surface area contributed by atoms with Crippen LogP contribution in [0.3, 0.4) is 0 Å². The molecule has 0 aliphatic carbocycles. The van der Waals surface area contributed by atoms with E-state index in [-0.39, 0.29) is 23.4 Å². The largest absolute Gasteiger partial charge is 0.573 e. The van der Waals surface area contributed by atoms with Crippen molar-refractivity contribution in [2.24, 2.45) is 5.92 Å². The Kier molecular flexibility index (Phi) is 4.77. The average Bonchev–Trinajstić information content (AvgIpc) is 2.45. The summed E-state index contributed by atoms with van der Waals surface area (Å²) in [5, 5.41) is 0. The van der Waals surface area contributed by atoms with E-state index in [0.717, 1.165) is 0 Å². The first kappa shape index (κ1) is 16.4. The van der Waals surface area contributed by atoms with E-state index >= 15 is 0 Å². The van der Waals surface area contributed by atoms with Crippen molar-refractivity contribution in [2.45, 2.75) is 20.2 Å². The Morgan fingerprint density at radius 1 is 1.27 bits per heavy atom. The van der Waals surface area contributed by atoms with Gasteiger partial charge in [-0.1, -0.05) is 13.8 Å². The Labute approximate surface area is 126 Å². The van der Waals surface area contributed by atoms with Gasteiger partial charge in [0.2, 0.25) is 5.91 Å². The summed E-state index contributed by atoms with van der Waals surface area (Å²) in [7, 11) is 0. The van der Waals surface area contributed by atoms with Gasteiger partial charge in [-0.2, -0.15) is 0 Å². The first-order valence-electron chi connectivity index (χ1n) is 7.02. The minimum atomic E-state index is -4.76. The first-order valence-corrected chi connectivity index (χ1v) is 7.02. The van der Waals surface area contributed by atoms with Crippen LogP contribution in [-0.4, -0.2) is 48.3 Å². The summed E-state index contributed by atoms with van der Waals surface area (Å²) in [6.45, 7) is 5.40. The number of nitrogens with zero attached hydrogens (tertiary/aromatic N) is 3. The van der Waals surface area contributed by atoms with Gasteiger partial charge in [0.15, 0.2) is 11.6 Å². The van der Waals surface area contributed by atoms with E-state index in [1.807, 2.05) is 13.8 Å². The van der Waals surface area contributed by atoms with Crippen molar-refractivity contribution < 1.29 is 22.7 Å². The third-order valence-corrected chi connectivity index (χ3v) is 3.36. The van der Waals surface area contributed by atoms with Crippen molar-refractivity contribution in [3.8, 4) is 5.75 Å². The van der Waals surface area contributed by atoms with E-state index in [1.165, 1.54) is 18.3 Å². The number of hydrogen-bond donors (Lipinski definition) is 0. The highest BCUT2D eigenvalue weighted by molar-refractivity contribution is 5.78. The number of ether oxygens (including phenoxy) is 1. The Balaban J connectivity index is 2.07. The molecule has 8 heteroatoms. The minimum Gasteiger partial charge on any atom is -0.402 e. The molecule has 1 saturated heterocycles. The Bertz CT molecular complexity index is 526. The number of alkyl halides is 3. The molecule has 0 atom stereocenters. The lowest BCUT2D eigenvalue weighted by atomic mass is 10.1. The lowest BCUT2D eigenvalue weighted by molar-refractivity contribution is -0.274. The topological polar surface area (TPSA) is 45.7 Å². The molecule has 0 unspecified atom stereocenters. The summed E-state index contributed by atoms with van der Waals surface area (Å²) >= 11 is 0. The summed E-state index contributed by atoms with van der Waals surface area (Å²) in [5.41, 5.74) is 0. The third kappa shape index (κ3) is 4.02. The van der Waals surface area contributed by atoms with Crippen molar-refractivity contribution in [2.75, 3.05) is 31.1 Å². The molecule has 1 fully saturated rings. The van der Waals surface area contributed by atoms with Crippen LogP contribution >= 0.6 is 0 Å². The van der Waals surface area contributed by atoms with Crippen molar-refractivity contribution in [1.29, 1.82) is 0 Å². The molecule has 0 N–H and O–H groups in total. The molecule has 2 rings (SSSR count). The minimum absolute atomic E-state index is 0.0486. The van der Waals surface area contributed by atoms with E-state index in [2.05, 4.69) is 9.72 Å². The predicted molar refractivity (Wildman–Crippen MR) is 74.6 cm³/mol. The zero-order chi connectivity index (χ0) is 16.3. The van der Waals surface area contributed by atoms with Crippen LogP contribution in [0.25, 0.3) is 0 Å². The number of carbonyl (C=O) groups excluding carboxylic acids is 1. The molecule has 1 aliphatic rings. The fourth-order valence-electron chi connectivity index (χ4n) is 2.33. The maximum absolute atomic E-state index is 12.4. The Morgan fingerprint density at radius 2 is 1.91 bits per heavy atom. The number of amides is 1. The quantitative estimate of drug-likeness (QED) is 0.858. The molecule has 1 aromatic heterocycles. The average molecular weight is 317 g/mol. The van der Waals surface area contributed by atoms with Gasteiger partial charge >= 0.3 is 6.36 Å². The number of pyridine rings is 1. The predicted octanol–water partition coefficient (Wildman–Crippen LogP) is 2.28. The van der Waals surface area contributed by atoms with E-state index < -0.39 is 6.36 Å². The highest BCUT2D eigenvalue weighted by atomic mass is 19.4. The van der Waals surface area contributed by atoms with Crippen LogP contribution < -0.4 is 9.64 Å². The fraction of sp³-hybridized carbons (Fsp3) is 0.571. The number of anilines is 1. The smallest absolute Gasteiger partial charge is 0.402 e. The molecule has 0 saturated carbocycles. The van der Waals surface area contributed by atoms with Gasteiger partial charge in [-0.25, -0.2) is 4.98 Å². The molecule has 0 bridgehead atoms. The summed E-state index contributed by atoms with van der Waals surface area (Å²) in [6.07, 6.45) is -3.34. The Morgan fingerprint density at radius 3 is 2.45 bits per heavy atom. The van der Waals surface area contributed by atoms with Gasteiger partial charge in [0.25, 0.3) is 0 Å². The molecule has 1 aliphatic heterocycles. The summed E-state index contributed by atoms with van der Waals surface area (Å²) < 4.78 is 41.3. The number of rotatable bonds is 3. The first-order chi connectivity index (χ1) is 10.3. The van der Waals surface area contributed by atoms with Gasteiger partial charge in [0, 0.05) is 38.3 Å². The van der Waals surface area contributed by atoms with Gasteiger partial charge in [0.05, 0.1) is 0 Å². The van der Waals surface area contributed by atoms with E-state index in [4.69, 9.17) is 0 Å². The van der Waals surface area contributed by atoms with E-state index in [9.17, 15) is 18.0 Å². The molecule has 1 amide bonds. The van der Waals surface area contributed by atoms with Gasteiger partial charge in [-0.05, 0) is 12.1 Å². The summed E-state index contributed by atoms with van der Waals surface area (Å²) in [5.74, 6) is -0.215. The number of halogens is 3. The summed E-state index contributed by atoms with van der Waals surface area (Å²) in [6, 6.07) is 2.63. The highest BCUT2D eigenvalue weighted by Crippen LogP contribution is 2.31. The van der Waals surface area contributed by atoms with Crippen molar-refractivity contribution in [1.82, 2.24) is 9.88 Å². The number of carbonyl (C=O) groups is 1. The molecule has 1 aromatic rings. The van der Waals surface area contributed by atoms with Crippen LogP contribution in [0.4, 0.5) is 19.0 Å².